The van der Waals surface area contributed by atoms with E-state index in [9.17, 15) is 21.6 Å². The van der Waals surface area contributed by atoms with Gasteiger partial charge < -0.3 is 9.72 Å². The quantitative estimate of drug-likeness (QED) is 0.660. The number of benzene rings is 2. The highest BCUT2D eigenvalue weighted by Gasteiger charge is 2.23. The lowest BCUT2D eigenvalue weighted by atomic mass is 10.2. The second kappa shape index (κ2) is 6.16. The maximum atomic E-state index is 13.7. The van der Waals surface area contributed by atoms with Crippen LogP contribution in [0.2, 0.25) is 5.02 Å². The van der Waals surface area contributed by atoms with Gasteiger partial charge in [-0.25, -0.2) is 21.6 Å². The number of halogens is 4. The van der Waals surface area contributed by atoms with E-state index in [0.717, 1.165) is 6.20 Å². The van der Waals surface area contributed by atoms with Crippen LogP contribution >= 0.6 is 11.6 Å². The summed E-state index contributed by atoms with van der Waals surface area (Å²) in [7, 11) is -2.93. The number of methoxy groups -OCH3 is 1. The van der Waals surface area contributed by atoms with Crippen LogP contribution in [0.5, 0.6) is 5.75 Å². The molecule has 1 aromatic heterocycles. The first kappa shape index (κ1) is 17.4. The van der Waals surface area contributed by atoms with Crippen LogP contribution < -0.4 is 9.46 Å². The fourth-order valence-electron chi connectivity index (χ4n) is 2.34. The molecule has 0 fully saturated rings. The summed E-state index contributed by atoms with van der Waals surface area (Å²) in [5.41, 5.74) is -0.393. The van der Waals surface area contributed by atoms with Gasteiger partial charge in [-0.1, -0.05) is 11.6 Å². The molecule has 132 valence electrons. The minimum Gasteiger partial charge on any atom is -0.493 e. The van der Waals surface area contributed by atoms with Crippen molar-refractivity contribution in [3.63, 3.8) is 0 Å². The van der Waals surface area contributed by atoms with Crippen molar-refractivity contribution in [2.75, 3.05) is 11.8 Å². The second-order valence-electron chi connectivity index (χ2n) is 5.01. The van der Waals surface area contributed by atoms with Crippen LogP contribution in [0.3, 0.4) is 0 Å². The SMILES string of the molecule is COc1c(Cl)ccc2c(S(=O)(=O)Nc3cc(F)c(F)cc3F)c[nH]c12. The number of H-pyrrole nitrogens is 1. The minimum absolute atomic E-state index is 0.233. The summed E-state index contributed by atoms with van der Waals surface area (Å²) in [6.45, 7) is 0. The highest BCUT2D eigenvalue weighted by molar-refractivity contribution is 7.93. The predicted octanol–water partition coefficient (Wildman–Crippen LogP) is 4.05. The Labute approximate surface area is 145 Å². The van der Waals surface area contributed by atoms with E-state index < -0.39 is 33.2 Å². The molecule has 1 heterocycles. The van der Waals surface area contributed by atoms with Crippen molar-refractivity contribution in [2.24, 2.45) is 0 Å². The summed E-state index contributed by atoms with van der Waals surface area (Å²) in [5.74, 6) is -3.82. The molecule has 0 saturated heterocycles. The van der Waals surface area contributed by atoms with Crippen molar-refractivity contribution < 1.29 is 26.3 Å². The Morgan fingerprint density at radius 1 is 1.12 bits per heavy atom. The van der Waals surface area contributed by atoms with E-state index in [1.165, 1.54) is 19.2 Å². The Morgan fingerprint density at radius 3 is 2.48 bits per heavy atom. The van der Waals surface area contributed by atoms with Crippen molar-refractivity contribution in [3.8, 4) is 5.75 Å². The number of aromatic nitrogens is 1. The first-order valence-corrected chi connectivity index (χ1v) is 8.61. The number of sulfonamides is 1. The molecule has 0 amide bonds. The highest BCUT2D eigenvalue weighted by Crippen LogP contribution is 2.36. The zero-order valence-electron chi connectivity index (χ0n) is 12.5. The maximum Gasteiger partial charge on any atom is 0.264 e. The third-order valence-corrected chi connectivity index (χ3v) is 5.17. The fraction of sp³-hybridized carbons (Fsp3) is 0.0667. The van der Waals surface area contributed by atoms with Crippen molar-refractivity contribution in [1.29, 1.82) is 0 Å². The molecule has 0 aliphatic carbocycles. The van der Waals surface area contributed by atoms with Gasteiger partial charge in [-0.2, -0.15) is 0 Å². The van der Waals surface area contributed by atoms with E-state index in [2.05, 4.69) is 4.98 Å². The van der Waals surface area contributed by atoms with Gasteiger partial charge in [0.25, 0.3) is 10.0 Å². The average molecular weight is 391 g/mol. The second-order valence-corrected chi connectivity index (χ2v) is 7.07. The van der Waals surface area contributed by atoms with E-state index in [4.69, 9.17) is 16.3 Å². The van der Waals surface area contributed by atoms with Crippen LogP contribution in [0.25, 0.3) is 10.9 Å². The van der Waals surface area contributed by atoms with Gasteiger partial charge in [0.05, 0.1) is 23.3 Å². The smallest absolute Gasteiger partial charge is 0.264 e. The van der Waals surface area contributed by atoms with E-state index >= 15 is 0 Å². The lowest BCUT2D eigenvalue weighted by Crippen LogP contribution is -2.14. The molecule has 2 aromatic carbocycles. The molecule has 0 aliphatic heterocycles. The number of rotatable bonds is 4. The van der Waals surface area contributed by atoms with Crippen molar-refractivity contribution in [1.82, 2.24) is 4.98 Å². The van der Waals surface area contributed by atoms with Crippen LogP contribution in [0.1, 0.15) is 0 Å². The van der Waals surface area contributed by atoms with Crippen LogP contribution in [0, 0.1) is 17.5 Å². The van der Waals surface area contributed by atoms with Crippen molar-refractivity contribution in [3.05, 3.63) is 52.9 Å². The average Bonchev–Trinajstić information content (AvgIpc) is 2.97. The molecule has 0 aliphatic rings. The normalized spacial score (nSPS) is 11.7. The Morgan fingerprint density at radius 2 is 1.80 bits per heavy atom. The molecule has 0 atom stereocenters. The van der Waals surface area contributed by atoms with Crippen molar-refractivity contribution in [2.45, 2.75) is 4.90 Å². The number of aromatic amines is 1. The number of nitrogens with one attached hydrogen (secondary N) is 2. The molecule has 3 rings (SSSR count). The van der Waals surface area contributed by atoms with Gasteiger partial charge in [-0.3, -0.25) is 4.72 Å². The third kappa shape index (κ3) is 3.00. The van der Waals surface area contributed by atoms with E-state index in [0.29, 0.717) is 11.6 Å². The molecule has 5 nitrogen and oxygen atoms in total. The first-order chi connectivity index (χ1) is 11.7. The number of hydrogen-bond acceptors (Lipinski definition) is 3. The summed E-state index contributed by atoms with van der Waals surface area (Å²) in [6, 6.07) is 3.56. The molecule has 25 heavy (non-hydrogen) atoms. The Balaban J connectivity index is 2.10. The van der Waals surface area contributed by atoms with Gasteiger partial charge in [0, 0.05) is 23.7 Å². The van der Waals surface area contributed by atoms with Crippen LogP contribution in [-0.4, -0.2) is 20.5 Å². The summed E-state index contributed by atoms with van der Waals surface area (Å²) < 4.78 is 72.0. The minimum atomic E-state index is -4.30. The Kier molecular flexibility index (Phi) is 4.29. The van der Waals surface area contributed by atoms with Crippen LogP contribution in [-0.2, 0) is 10.0 Å². The predicted molar refractivity (Wildman–Crippen MR) is 87.0 cm³/mol. The van der Waals surface area contributed by atoms with E-state index in [1.54, 1.807) is 0 Å². The maximum absolute atomic E-state index is 13.7. The highest BCUT2D eigenvalue weighted by atomic mass is 35.5. The molecular weight excluding hydrogens is 381 g/mol. The summed E-state index contributed by atoms with van der Waals surface area (Å²) in [6.07, 6.45) is 1.16. The van der Waals surface area contributed by atoms with Gasteiger partial charge >= 0.3 is 0 Å². The van der Waals surface area contributed by atoms with Gasteiger partial charge in [0.15, 0.2) is 17.4 Å². The van der Waals surface area contributed by atoms with Crippen LogP contribution in [0.4, 0.5) is 18.9 Å². The van der Waals surface area contributed by atoms with Gasteiger partial charge in [0.2, 0.25) is 0 Å². The standard InChI is InChI=1S/C15H10ClF3N2O3S/c1-24-15-8(16)3-2-7-13(6-20-14(7)15)25(22,23)21-12-5-10(18)9(17)4-11(12)19/h2-6,20-21H,1H3. The Hall–Kier alpha value is -2.39. The third-order valence-electron chi connectivity index (χ3n) is 3.47. The molecule has 2 N–H and O–H groups in total. The first-order valence-electron chi connectivity index (χ1n) is 6.75. The monoisotopic (exact) mass is 390 g/mol. The zero-order chi connectivity index (χ0) is 18.4. The topological polar surface area (TPSA) is 71.2 Å². The lowest BCUT2D eigenvalue weighted by molar-refractivity contribution is 0.419. The number of anilines is 1. The van der Waals surface area contributed by atoms with E-state index in [1.807, 2.05) is 4.72 Å². The summed E-state index contributed by atoms with van der Waals surface area (Å²) in [4.78, 5) is 2.48. The van der Waals surface area contributed by atoms with Gasteiger partial charge in [-0.05, 0) is 12.1 Å². The number of fused-ring (bicyclic) bond motifs is 1. The van der Waals surface area contributed by atoms with Gasteiger partial charge in [0.1, 0.15) is 10.7 Å². The molecule has 0 spiro atoms. The van der Waals surface area contributed by atoms with Crippen LogP contribution in [0.15, 0.2) is 35.4 Å². The largest absolute Gasteiger partial charge is 0.493 e. The fourth-order valence-corrected chi connectivity index (χ4v) is 3.81. The molecule has 0 saturated carbocycles. The molecule has 0 radical (unpaired) electrons. The molecular formula is C15H10ClF3N2O3S. The molecule has 10 heteroatoms. The molecule has 3 aromatic rings. The summed E-state index contributed by atoms with van der Waals surface area (Å²) in [5, 5.41) is 0.497. The van der Waals surface area contributed by atoms with E-state index in [-0.39, 0.29) is 27.1 Å². The molecule has 0 unspecified atom stereocenters. The Bertz CT molecular complexity index is 1080. The summed E-state index contributed by atoms with van der Waals surface area (Å²) >= 11 is 5.97. The van der Waals surface area contributed by atoms with Crippen molar-refractivity contribution >= 4 is 38.2 Å². The number of ether oxygens (including phenoxy) is 1. The van der Waals surface area contributed by atoms with Gasteiger partial charge in [-0.15, -0.1) is 0 Å². The molecule has 0 bridgehead atoms. The lowest BCUT2D eigenvalue weighted by Gasteiger charge is -2.09. The number of hydrogen-bond donors (Lipinski definition) is 2. The zero-order valence-corrected chi connectivity index (χ0v) is 14.1.